The van der Waals surface area contributed by atoms with Crippen molar-refractivity contribution in [2.24, 2.45) is 11.7 Å². The topological polar surface area (TPSA) is 117 Å². The van der Waals surface area contributed by atoms with Gasteiger partial charge in [-0.2, -0.15) is 10.4 Å². The normalized spacial score (nSPS) is 18.3. The van der Waals surface area contributed by atoms with Gasteiger partial charge in [0.2, 0.25) is 5.91 Å². The second-order valence-electron chi connectivity index (χ2n) is 8.73. The maximum atomic E-state index is 12.2. The van der Waals surface area contributed by atoms with Crippen molar-refractivity contribution in [2.75, 3.05) is 18.4 Å². The van der Waals surface area contributed by atoms with Gasteiger partial charge in [-0.1, -0.05) is 24.3 Å². The lowest BCUT2D eigenvalue weighted by molar-refractivity contribution is -0.117. The number of nitrogens with two attached hydrogens (primary N) is 1. The van der Waals surface area contributed by atoms with E-state index in [1.165, 1.54) is 11.1 Å². The average Bonchev–Trinajstić information content (AvgIpc) is 3.51. The minimum absolute atomic E-state index is 0.0105. The van der Waals surface area contributed by atoms with Gasteiger partial charge in [0, 0.05) is 31.7 Å². The molecule has 162 valence electrons. The zero-order chi connectivity index (χ0) is 22.0. The molecule has 0 bridgehead atoms. The number of primary amides is 1. The fourth-order valence-electron chi connectivity index (χ4n) is 4.24. The Labute approximate surface area is 182 Å². The minimum Gasteiger partial charge on any atom is -0.365 e. The first-order valence-corrected chi connectivity index (χ1v) is 10.8. The van der Waals surface area contributed by atoms with E-state index in [2.05, 4.69) is 46.5 Å². The van der Waals surface area contributed by atoms with E-state index < -0.39 is 11.4 Å². The molecule has 0 spiro atoms. The third-order valence-electron chi connectivity index (χ3n) is 6.51. The van der Waals surface area contributed by atoms with Crippen LogP contribution in [-0.2, 0) is 16.9 Å². The van der Waals surface area contributed by atoms with E-state index in [-0.39, 0.29) is 29.6 Å². The molecule has 1 aliphatic heterocycles. The van der Waals surface area contributed by atoms with Crippen LogP contribution in [0.5, 0.6) is 0 Å². The molecule has 2 heterocycles. The highest BCUT2D eigenvalue weighted by atomic mass is 16.2. The number of nitrogens with one attached hydrogen (secondary N) is 1. The van der Waals surface area contributed by atoms with Crippen molar-refractivity contribution in [1.29, 1.82) is 5.26 Å². The Morgan fingerprint density at radius 3 is 2.61 bits per heavy atom. The van der Waals surface area contributed by atoms with E-state index in [1.54, 1.807) is 10.9 Å². The quantitative estimate of drug-likeness (QED) is 0.714. The van der Waals surface area contributed by atoms with E-state index in [4.69, 9.17) is 5.73 Å². The van der Waals surface area contributed by atoms with Crippen LogP contribution in [0.2, 0.25) is 0 Å². The molecule has 8 nitrogen and oxygen atoms in total. The van der Waals surface area contributed by atoms with E-state index in [0.29, 0.717) is 0 Å². The molecule has 0 unspecified atom stereocenters. The van der Waals surface area contributed by atoms with Crippen molar-refractivity contribution in [3.63, 3.8) is 0 Å². The fourth-order valence-corrected chi connectivity index (χ4v) is 4.24. The summed E-state index contributed by atoms with van der Waals surface area (Å²) in [6, 6.07) is 10.7. The van der Waals surface area contributed by atoms with Crippen LogP contribution < -0.4 is 11.1 Å². The van der Waals surface area contributed by atoms with Crippen molar-refractivity contribution >= 4 is 17.6 Å². The Morgan fingerprint density at radius 1 is 1.29 bits per heavy atom. The molecule has 2 amide bonds. The summed E-state index contributed by atoms with van der Waals surface area (Å²) in [6.45, 7) is 4.60. The SMILES string of the molecule is Cc1ccccc1CN1CCC(CC#N)(n2cc(C(N)=O)c(NC(=O)C3CC3)n2)CC1. The largest absolute Gasteiger partial charge is 0.365 e. The van der Waals surface area contributed by atoms with Gasteiger partial charge >= 0.3 is 0 Å². The molecule has 8 heteroatoms. The number of hydrogen-bond acceptors (Lipinski definition) is 5. The predicted molar refractivity (Wildman–Crippen MR) is 116 cm³/mol. The molecule has 3 N–H and O–H groups in total. The molecule has 1 aliphatic carbocycles. The third kappa shape index (κ3) is 4.47. The number of carbonyl (C=O) groups is 2. The number of piperidine rings is 1. The van der Waals surface area contributed by atoms with Crippen LogP contribution in [0.4, 0.5) is 5.82 Å². The average molecular weight is 421 g/mol. The number of nitriles is 1. The zero-order valence-electron chi connectivity index (χ0n) is 17.8. The van der Waals surface area contributed by atoms with E-state index in [9.17, 15) is 14.9 Å². The predicted octanol–water partition coefficient (Wildman–Crippen LogP) is 2.54. The Morgan fingerprint density at radius 2 is 2.00 bits per heavy atom. The highest BCUT2D eigenvalue weighted by molar-refractivity contribution is 6.02. The van der Waals surface area contributed by atoms with E-state index in [0.717, 1.165) is 45.3 Å². The summed E-state index contributed by atoms with van der Waals surface area (Å²) in [6.07, 6.45) is 5.03. The Kier molecular flexibility index (Phi) is 5.79. The lowest BCUT2D eigenvalue weighted by Gasteiger charge is -2.41. The van der Waals surface area contributed by atoms with Gasteiger partial charge in [0.25, 0.3) is 5.91 Å². The summed E-state index contributed by atoms with van der Waals surface area (Å²) in [5.41, 5.74) is 7.78. The molecule has 1 saturated heterocycles. The lowest BCUT2D eigenvalue weighted by Crippen LogP contribution is -2.46. The summed E-state index contributed by atoms with van der Waals surface area (Å²) in [4.78, 5) is 26.6. The number of rotatable bonds is 7. The maximum Gasteiger partial charge on any atom is 0.254 e. The number of anilines is 1. The molecular formula is C23H28N6O2. The summed E-state index contributed by atoms with van der Waals surface area (Å²) in [7, 11) is 0. The number of amides is 2. The molecule has 1 saturated carbocycles. The molecule has 0 radical (unpaired) electrons. The van der Waals surface area contributed by atoms with Gasteiger partial charge in [-0.15, -0.1) is 0 Å². The second kappa shape index (κ2) is 8.52. The van der Waals surface area contributed by atoms with Gasteiger partial charge < -0.3 is 11.1 Å². The van der Waals surface area contributed by atoms with Gasteiger partial charge in [0.05, 0.1) is 18.0 Å². The number of hydrogen-bond donors (Lipinski definition) is 2. The zero-order valence-corrected chi connectivity index (χ0v) is 17.8. The van der Waals surface area contributed by atoms with Gasteiger partial charge in [-0.3, -0.25) is 19.2 Å². The van der Waals surface area contributed by atoms with Gasteiger partial charge in [-0.05, 0) is 43.7 Å². The molecule has 1 aromatic carbocycles. The highest BCUT2D eigenvalue weighted by Gasteiger charge is 2.39. The van der Waals surface area contributed by atoms with Gasteiger partial charge in [-0.25, -0.2) is 0 Å². The van der Waals surface area contributed by atoms with E-state index >= 15 is 0 Å². The van der Waals surface area contributed by atoms with Crippen LogP contribution >= 0.6 is 0 Å². The number of aryl methyl sites for hydroxylation is 1. The molecule has 2 aliphatic rings. The molecule has 2 fully saturated rings. The van der Waals surface area contributed by atoms with Gasteiger partial charge in [0.1, 0.15) is 5.56 Å². The summed E-state index contributed by atoms with van der Waals surface area (Å²) in [5, 5.41) is 16.8. The Bertz CT molecular complexity index is 1020. The first-order valence-electron chi connectivity index (χ1n) is 10.8. The first-order chi connectivity index (χ1) is 14.9. The number of aromatic nitrogens is 2. The number of carbonyl (C=O) groups excluding carboxylic acids is 2. The highest BCUT2D eigenvalue weighted by Crippen LogP contribution is 2.36. The Balaban J connectivity index is 1.53. The van der Waals surface area contributed by atoms with Crippen LogP contribution in [0, 0.1) is 24.2 Å². The van der Waals surface area contributed by atoms with Crippen LogP contribution in [0.15, 0.2) is 30.5 Å². The van der Waals surface area contributed by atoms with Crippen molar-refractivity contribution in [1.82, 2.24) is 14.7 Å². The lowest BCUT2D eigenvalue weighted by atomic mass is 9.84. The smallest absolute Gasteiger partial charge is 0.254 e. The van der Waals surface area contributed by atoms with Crippen molar-refractivity contribution in [3.05, 3.63) is 47.2 Å². The third-order valence-corrected chi connectivity index (χ3v) is 6.51. The summed E-state index contributed by atoms with van der Waals surface area (Å²) < 4.78 is 1.70. The maximum absolute atomic E-state index is 12.2. The monoisotopic (exact) mass is 420 g/mol. The summed E-state index contributed by atoms with van der Waals surface area (Å²) in [5.74, 6) is -0.579. The minimum atomic E-state index is -0.638. The fraction of sp³-hybridized carbons (Fsp3) is 0.478. The number of benzene rings is 1. The number of nitrogens with zero attached hydrogens (tertiary/aromatic N) is 4. The van der Waals surface area contributed by atoms with Crippen molar-refractivity contribution in [3.8, 4) is 6.07 Å². The number of likely N-dealkylation sites (tertiary alicyclic amines) is 1. The van der Waals surface area contributed by atoms with Crippen LogP contribution in [-0.4, -0.2) is 39.6 Å². The van der Waals surface area contributed by atoms with Crippen LogP contribution in [0.25, 0.3) is 0 Å². The Hall–Kier alpha value is -3.18. The summed E-state index contributed by atoms with van der Waals surface area (Å²) >= 11 is 0. The van der Waals surface area contributed by atoms with Gasteiger partial charge in [0.15, 0.2) is 5.82 Å². The molecule has 2 aromatic rings. The molecule has 31 heavy (non-hydrogen) atoms. The standard InChI is InChI=1S/C23H28N6O2/c1-16-4-2-3-5-18(16)14-28-12-9-23(8-11-24,10-13-28)29-15-19(20(25)30)21(27-29)26-22(31)17-6-7-17/h2-5,15,17H,6-10,12-14H2,1H3,(H2,25,30)(H,26,27,31). The second-order valence-corrected chi connectivity index (χ2v) is 8.73. The first kappa shape index (κ1) is 21.1. The molecule has 1 aromatic heterocycles. The van der Waals surface area contributed by atoms with Crippen molar-refractivity contribution in [2.45, 2.75) is 51.1 Å². The van der Waals surface area contributed by atoms with E-state index in [1.807, 2.05) is 6.07 Å². The van der Waals surface area contributed by atoms with Crippen molar-refractivity contribution < 1.29 is 9.59 Å². The van der Waals surface area contributed by atoms with Crippen LogP contribution in [0.3, 0.4) is 0 Å². The molecular weight excluding hydrogens is 392 g/mol. The van der Waals surface area contributed by atoms with Crippen LogP contribution in [0.1, 0.15) is 53.6 Å². The molecule has 4 rings (SSSR count). The molecule has 0 atom stereocenters.